The Kier molecular flexibility index (Phi) is 2.89. The second kappa shape index (κ2) is 4.15. The molecular formula is C10H14ClN3. The first kappa shape index (κ1) is 9.74. The Morgan fingerprint density at radius 3 is 3.21 bits per heavy atom. The number of pyridine rings is 1. The molecule has 1 aromatic rings. The smallest absolute Gasteiger partial charge is 0.0822 e. The predicted molar refractivity (Wildman–Crippen MR) is 58.9 cm³/mol. The lowest BCUT2D eigenvalue weighted by Crippen LogP contribution is -2.49. The average Bonchev–Trinajstić information content (AvgIpc) is 2.18. The Hall–Kier alpha value is -0.800. The molecule has 1 aliphatic heterocycles. The predicted octanol–water partition coefficient (Wildman–Crippen LogP) is 1.53. The highest BCUT2D eigenvalue weighted by Crippen LogP contribution is 2.24. The number of aromatic nitrogens is 1. The summed E-state index contributed by atoms with van der Waals surface area (Å²) in [6, 6.07) is 2.49. The van der Waals surface area contributed by atoms with Gasteiger partial charge in [-0.05, 0) is 13.0 Å². The van der Waals surface area contributed by atoms with Gasteiger partial charge >= 0.3 is 0 Å². The van der Waals surface area contributed by atoms with Crippen LogP contribution in [0.3, 0.4) is 0 Å². The first-order valence-electron chi connectivity index (χ1n) is 4.85. The SMILES string of the molecule is C[C@@H]1CN(c2ccncc2Cl)CCN1. The zero-order chi connectivity index (χ0) is 9.97. The van der Waals surface area contributed by atoms with Gasteiger partial charge in [-0.15, -0.1) is 0 Å². The third-order valence-corrected chi connectivity index (χ3v) is 2.75. The summed E-state index contributed by atoms with van der Waals surface area (Å²) in [7, 11) is 0. The first-order chi connectivity index (χ1) is 6.77. The molecule has 1 N–H and O–H groups in total. The molecule has 1 atom stereocenters. The zero-order valence-electron chi connectivity index (χ0n) is 8.20. The second-order valence-corrected chi connectivity index (χ2v) is 4.04. The minimum atomic E-state index is 0.521. The summed E-state index contributed by atoms with van der Waals surface area (Å²) in [6.45, 7) is 5.21. The summed E-state index contributed by atoms with van der Waals surface area (Å²) in [5.74, 6) is 0. The van der Waals surface area contributed by atoms with Gasteiger partial charge in [0.2, 0.25) is 0 Å². The highest BCUT2D eigenvalue weighted by molar-refractivity contribution is 6.33. The van der Waals surface area contributed by atoms with Gasteiger partial charge < -0.3 is 10.2 Å². The third kappa shape index (κ3) is 1.99. The average molecular weight is 212 g/mol. The van der Waals surface area contributed by atoms with E-state index in [9.17, 15) is 0 Å². The van der Waals surface area contributed by atoms with Crippen LogP contribution < -0.4 is 10.2 Å². The van der Waals surface area contributed by atoms with Gasteiger partial charge in [-0.3, -0.25) is 4.98 Å². The molecule has 1 aromatic heterocycles. The standard InChI is InChI=1S/C10H14ClN3/c1-8-7-14(5-4-13-8)10-2-3-12-6-9(10)11/h2-3,6,8,13H,4-5,7H2,1H3/t8-/m1/s1. The van der Waals surface area contributed by atoms with E-state index >= 15 is 0 Å². The Balaban J connectivity index is 2.18. The maximum atomic E-state index is 6.08. The Labute approximate surface area is 89.1 Å². The van der Waals surface area contributed by atoms with Crippen molar-refractivity contribution < 1.29 is 0 Å². The lowest BCUT2D eigenvalue weighted by atomic mass is 10.2. The molecule has 0 bridgehead atoms. The van der Waals surface area contributed by atoms with Crippen molar-refractivity contribution in [3.8, 4) is 0 Å². The summed E-state index contributed by atoms with van der Waals surface area (Å²) < 4.78 is 0. The van der Waals surface area contributed by atoms with Gasteiger partial charge in [-0.1, -0.05) is 11.6 Å². The van der Waals surface area contributed by atoms with Crippen LogP contribution in [0.1, 0.15) is 6.92 Å². The van der Waals surface area contributed by atoms with Crippen LogP contribution in [-0.2, 0) is 0 Å². The fourth-order valence-electron chi connectivity index (χ4n) is 1.78. The number of nitrogens with zero attached hydrogens (tertiary/aromatic N) is 2. The lowest BCUT2D eigenvalue weighted by Gasteiger charge is -2.33. The van der Waals surface area contributed by atoms with Crippen LogP contribution in [0.5, 0.6) is 0 Å². The normalized spacial score (nSPS) is 22.4. The van der Waals surface area contributed by atoms with Crippen LogP contribution >= 0.6 is 11.6 Å². The maximum absolute atomic E-state index is 6.08. The number of nitrogens with one attached hydrogen (secondary N) is 1. The highest BCUT2D eigenvalue weighted by Gasteiger charge is 2.17. The van der Waals surface area contributed by atoms with Gasteiger partial charge in [-0.25, -0.2) is 0 Å². The van der Waals surface area contributed by atoms with Gasteiger partial charge in [-0.2, -0.15) is 0 Å². The second-order valence-electron chi connectivity index (χ2n) is 3.63. The molecule has 76 valence electrons. The van der Waals surface area contributed by atoms with Crippen molar-refractivity contribution in [3.63, 3.8) is 0 Å². The molecular weight excluding hydrogens is 198 g/mol. The fraction of sp³-hybridized carbons (Fsp3) is 0.500. The summed E-state index contributed by atoms with van der Waals surface area (Å²) in [6.07, 6.45) is 3.48. The summed E-state index contributed by atoms with van der Waals surface area (Å²) in [5, 5.41) is 4.14. The number of anilines is 1. The molecule has 0 unspecified atom stereocenters. The minimum absolute atomic E-state index is 0.521. The van der Waals surface area contributed by atoms with E-state index in [-0.39, 0.29) is 0 Å². The highest BCUT2D eigenvalue weighted by atomic mass is 35.5. The van der Waals surface area contributed by atoms with Crippen molar-refractivity contribution >= 4 is 17.3 Å². The number of rotatable bonds is 1. The lowest BCUT2D eigenvalue weighted by molar-refractivity contribution is 0.485. The number of hydrogen-bond donors (Lipinski definition) is 1. The monoisotopic (exact) mass is 211 g/mol. The van der Waals surface area contributed by atoms with Crippen LogP contribution in [0, 0.1) is 0 Å². The number of hydrogen-bond acceptors (Lipinski definition) is 3. The van der Waals surface area contributed by atoms with Crippen molar-refractivity contribution in [2.24, 2.45) is 0 Å². The van der Waals surface area contributed by atoms with E-state index in [1.54, 1.807) is 12.4 Å². The summed E-state index contributed by atoms with van der Waals surface area (Å²) >= 11 is 6.08. The largest absolute Gasteiger partial charge is 0.367 e. The van der Waals surface area contributed by atoms with E-state index in [0.29, 0.717) is 6.04 Å². The third-order valence-electron chi connectivity index (χ3n) is 2.46. The van der Waals surface area contributed by atoms with Gasteiger partial charge in [0.1, 0.15) is 0 Å². The Bertz CT molecular complexity index is 316. The molecule has 1 aliphatic rings. The molecule has 0 saturated carbocycles. The van der Waals surface area contributed by atoms with Gasteiger partial charge in [0, 0.05) is 38.1 Å². The molecule has 0 aromatic carbocycles. The molecule has 0 aliphatic carbocycles. The van der Waals surface area contributed by atoms with Crippen LogP contribution in [0.15, 0.2) is 18.5 Å². The van der Waals surface area contributed by atoms with Crippen molar-refractivity contribution in [1.82, 2.24) is 10.3 Å². The molecule has 3 nitrogen and oxygen atoms in total. The van der Waals surface area contributed by atoms with Crippen molar-refractivity contribution in [1.29, 1.82) is 0 Å². The maximum Gasteiger partial charge on any atom is 0.0822 e. The van der Waals surface area contributed by atoms with E-state index in [0.717, 1.165) is 30.3 Å². The summed E-state index contributed by atoms with van der Waals surface area (Å²) in [5.41, 5.74) is 1.09. The Morgan fingerprint density at radius 1 is 1.64 bits per heavy atom. The first-order valence-corrected chi connectivity index (χ1v) is 5.23. The molecule has 0 amide bonds. The van der Waals surface area contributed by atoms with Crippen LogP contribution in [-0.4, -0.2) is 30.7 Å². The molecule has 2 heterocycles. The van der Waals surface area contributed by atoms with E-state index in [4.69, 9.17) is 11.6 Å². The molecule has 4 heteroatoms. The molecule has 0 spiro atoms. The summed E-state index contributed by atoms with van der Waals surface area (Å²) in [4.78, 5) is 6.28. The Morgan fingerprint density at radius 2 is 2.50 bits per heavy atom. The van der Waals surface area contributed by atoms with E-state index < -0.39 is 0 Å². The van der Waals surface area contributed by atoms with E-state index in [1.165, 1.54) is 0 Å². The fourth-order valence-corrected chi connectivity index (χ4v) is 2.01. The number of piperazine rings is 1. The van der Waals surface area contributed by atoms with Crippen LogP contribution in [0.2, 0.25) is 5.02 Å². The molecule has 0 radical (unpaired) electrons. The molecule has 1 saturated heterocycles. The van der Waals surface area contributed by atoms with Crippen molar-refractivity contribution in [2.45, 2.75) is 13.0 Å². The van der Waals surface area contributed by atoms with E-state index in [2.05, 4.69) is 22.1 Å². The molecule has 14 heavy (non-hydrogen) atoms. The quantitative estimate of drug-likeness (QED) is 0.764. The van der Waals surface area contributed by atoms with Crippen molar-refractivity contribution in [3.05, 3.63) is 23.5 Å². The van der Waals surface area contributed by atoms with Gasteiger partial charge in [0.05, 0.1) is 10.7 Å². The number of halogens is 1. The zero-order valence-corrected chi connectivity index (χ0v) is 8.96. The minimum Gasteiger partial charge on any atom is -0.367 e. The van der Waals surface area contributed by atoms with Crippen molar-refractivity contribution in [2.75, 3.05) is 24.5 Å². The topological polar surface area (TPSA) is 28.2 Å². The van der Waals surface area contributed by atoms with E-state index in [1.807, 2.05) is 6.07 Å². The molecule has 1 fully saturated rings. The van der Waals surface area contributed by atoms with Gasteiger partial charge in [0.15, 0.2) is 0 Å². The molecule has 2 rings (SSSR count). The van der Waals surface area contributed by atoms with Crippen LogP contribution in [0.25, 0.3) is 0 Å². The van der Waals surface area contributed by atoms with Crippen LogP contribution in [0.4, 0.5) is 5.69 Å². The van der Waals surface area contributed by atoms with Gasteiger partial charge in [0.25, 0.3) is 0 Å².